The van der Waals surface area contributed by atoms with E-state index < -0.39 is 0 Å². The first-order chi connectivity index (χ1) is 13.5. The predicted molar refractivity (Wildman–Crippen MR) is 115 cm³/mol. The molecule has 4 nitrogen and oxygen atoms in total. The highest BCUT2D eigenvalue weighted by Gasteiger charge is 2.15. The number of amides is 1. The lowest BCUT2D eigenvalue weighted by atomic mass is 10.1. The number of halogens is 1. The van der Waals surface area contributed by atoms with Crippen molar-refractivity contribution < 1.29 is 9.18 Å². The van der Waals surface area contributed by atoms with E-state index in [0.717, 1.165) is 5.56 Å². The molecular formula is C22H20FN3OS. The van der Waals surface area contributed by atoms with Gasteiger partial charge in [-0.1, -0.05) is 42.5 Å². The van der Waals surface area contributed by atoms with E-state index in [1.165, 1.54) is 12.1 Å². The molecule has 0 aromatic heterocycles. The van der Waals surface area contributed by atoms with E-state index in [4.69, 9.17) is 12.2 Å². The van der Waals surface area contributed by atoms with Gasteiger partial charge in [0.1, 0.15) is 5.82 Å². The molecule has 0 fully saturated rings. The van der Waals surface area contributed by atoms with Crippen molar-refractivity contribution in [3.05, 3.63) is 95.8 Å². The molecule has 1 amide bonds. The van der Waals surface area contributed by atoms with Crippen molar-refractivity contribution >= 4 is 34.6 Å². The number of hydrogen-bond acceptors (Lipinski definition) is 2. The Labute approximate surface area is 168 Å². The predicted octanol–water partition coefficient (Wildman–Crippen LogP) is 5.13. The third kappa shape index (κ3) is 5.14. The molecule has 0 aliphatic rings. The van der Waals surface area contributed by atoms with E-state index >= 15 is 0 Å². The number of nitrogens with one attached hydrogen (secondary N) is 3. The number of para-hydroxylation sites is 1. The number of rotatable bonds is 5. The van der Waals surface area contributed by atoms with Crippen LogP contribution in [0.3, 0.4) is 0 Å². The Kier molecular flexibility index (Phi) is 6.34. The minimum absolute atomic E-state index is 0.133. The Hall–Kier alpha value is -3.25. The molecule has 6 heteroatoms. The fourth-order valence-electron chi connectivity index (χ4n) is 2.71. The normalized spacial score (nSPS) is 11.4. The van der Waals surface area contributed by atoms with Crippen LogP contribution < -0.4 is 16.0 Å². The van der Waals surface area contributed by atoms with Crippen molar-refractivity contribution in [2.24, 2.45) is 0 Å². The number of anilines is 2. The van der Waals surface area contributed by atoms with Gasteiger partial charge in [-0.3, -0.25) is 4.79 Å². The Morgan fingerprint density at radius 2 is 1.54 bits per heavy atom. The van der Waals surface area contributed by atoms with E-state index in [0.29, 0.717) is 22.1 Å². The van der Waals surface area contributed by atoms with Crippen LogP contribution in [0.2, 0.25) is 0 Å². The summed E-state index contributed by atoms with van der Waals surface area (Å²) in [7, 11) is 0. The summed E-state index contributed by atoms with van der Waals surface area (Å²) in [5.41, 5.74) is 2.74. The molecule has 0 saturated carbocycles. The van der Waals surface area contributed by atoms with Crippen LogP contribution in [-0.4, -0.2) is 11.0 Å². The molecule has 0 unspecified atom stereocenters. The van der Waals surface area contributed by atoms with Gasteiger partial charge in [-0.2, -0.15) is 0 Å². The average molecular weight is 393 g/mol. The number of thiocarbonyl (C=S) groups is 1. The van der Waals surface area contributed by atoms with Crippen molar-refractivity contribution in [2.75, 3.05) is 10.6 Å². The van der Waals surface area contributed by atoms with Crippen molar-refractivity contribution in [1.82, 2.24) is 5.32 Å². The second-order valence-corrected chi connectivity index (χ2v) is 6.65. The molecule has 1 atom stereocenters. The summed E-state index contributed by atoms with van der Waals surface area (Å²) in [4.78, 5) is 12.8. The van der Waals surface area contributed by atoms with Crippen LogP contribution in [0.5, 0.6) is 0 Å². The fourth-order valence-corrected chi connectivity index (χ4v) is 2.94. The van der Waals surface area contributed by atoms with Crippen LogP contribution in [-0.2, 0) is 0 Å². The summed E-state index contributed by atoms with van der Waals surface area (Å²) in [6, 6.07) is 22.6. The molecule has 3 rings (SSSR count). The second kappa shape index (κ2) is 9.10. The van der Waals surface area contributed by atoms with E-state index in [2.05, 4.69) is 16.0 Å². The number of hydrogen-bond donors (Lipinski definition) is 3. The first-order valence-electron chi connectivity index (χ1n) is 8.81. The van der Waals surface area contributed by atoms with Crippen LogP contribution >= 0.6 is 12.2 Å². The lowest BCUT2D eigenvalue weighted by molar-refractivity contribution is 0.0941. The topological polar surface area (TPSA) is 53.2 Å². The highest BCUT2D eigenvalue weighted by atomic mass is 32.1. The molecule has 0 saturated heterocycles. The zero-order valence-electron chi connectivity index (χ0n) is 15.3. The van der Waals surface area contributed by atoms with Gasteiger partial charge >= 0.3 is 0 Å². The van der Waals surface area contributed by atoms with Crippen LogP contribution in [0, 0.1) is 5.82 Å². The highest BCUT2D eigenvalue weighted by molar-refractivity contribution is 7.80. The minimum atomic E-state index is -0.320. The number of benzene rings is 3. The molecule has 3 aromatic rings. The van der Waals surface area contributed by atoms with E-state index in [1.807, 2.05) is 43.3 Å². The molecule has 3 N–H and O–H groups in total. The molecule has 0 heterocycles. The summed E-state index contributed by atoms with van der Waals surface area (Å²) in [6.45, 7) is 1.93. The van der Waals surface area contributed by atoms with Gasteiger partial charge in [-0.15, -0.1) is 0 Å². The van der Waals surface area contributed by atoms with Crippen molar-refractivity contribution in [3.63, 3.8) is 0 Å². The zero-order chi connectivity index (χ0) is 19.9. The smallest absolute Gasteiger partial charge is 0.253 e. The molecular weight excluding hydrogens is 373 g/mol. The molecule has 142 valence electrons. The lowest BCUT2D eigenvalue weighted by Crippen LogP contribution is -2.28. The maximum Gasteiger partial charge on any atom is 0.253 e. The zero-order valence-corrected chi connectivity index (χ0v) is 16.1. The van der Waals surface area contributed by atoms with Gasteiger partial charge < -0.3 is 16.0 Å². The SMILES string of the molecule is C[C@H](NC(=O)c1ccccc1NC(=S)Nc1ccc(F)cc1)c1ccccc1. The molecule has 28 heavy (non-hydrogen) atoms. The Morgan fingerprint density at radius 1 is 0.893 bits per heavy atom. The lowest BCUT2D eigenvalue weighted by Gasteiger charge is -2.17. The second-order valence-electron chi connectivity index (χ2n) is 6.24. The molecule has 3 aromatic carbocycles. The van der Waals surface area contributed by atoms with Crippen LogP contribution in [0.4, 0.5) is 15.8 Å². The van der Waals surface area contributed by atoms with Crippen molar-refractivity contribution in [2.45, 2.75) is 13.0 Å². The summed E-state index contributed by atoms with van der Waals surface area (Å²) in [5.74, 6) is -0.525. The molecule has 0 spiro atoms. The van der Waals surface area contributed by atoms with E-state index in [1.54, 1.807) is 30.3 Å². The summed E-state index contributed by atoms with van der Waals surface area (Å²) in [6.07, 6.45) is 0. The Morgan fingerprint density at radius 3 is 2.25 bits per heavy atom. The Balaban J connectivity index is 1.69. The third-order valence-electron chi connectivity index (χ3n) is 4.17. The van der Waals surface area contributed by atoms with Gasteiger partial charge in [0.25, 0.3) is 5.91 Å². The largest absolute Gasteiger partial charge is 0.345 e. The van der Waals surface area contributed by atoms with Gasteiger partial charge in [-0.05, 0) is 61.1 Å². The van der Waals surface area contributed by atoms with E-state index in [9.17, 15) is 9.18 Å². The van der Waals surface area contributed by atoms with Crippen molar-refractivity contribution in [1.29, 1.82) is 0 Å². The Bertz CT molecular complexity index is 961. The summed E-state index contributed by atoms with van der Waals surface area (Å²) in [5, 5.41) is 9.31. The van der Waals surface area contributed by atoms with Crippen molar-refractivity contribution in [3.8, 4) is 0 Å². The third-order valence-corrected chi connectivity index (χ3v) is 4.37. The molecule has 0 bridgehead atoms. The van der Waals surface area contributed by atoms with Crippen LogP contribution in [0.1, 0.15) is 28.9 Å². The first-order valence-corrected chi connectivity index (χ1v) is 9.22. The summed E-state index contributed by atoms with van der Waals surface area (Å²) < 4.78 is 13.0. The van der Waals surface area contributed by atoms with Gasteiger partial charge in [0, 0.05) is 5.69 Å². The molecule has 0 aliphatic carbocycles. The van der Waals surface area contributed by atoms with Gasteiger partial charge in [-0.25, -0.2) is 4.39 Å². The standard InChI is InChI=1S/C22H20FN3OS/c1-15(16-7-3-2-4-8-16)24-21(27)19-9-5-6-10-20(19)26-22(28)25-18-13-11-17(23)12-14-18/h2-15H,1H3,(H,24,27)(H2,25,26,28)/t15-/m0/s1. The van der Waals surface area contributed by atoms with Gasteiger partial charge in [0.05, 0.1) is 17.3 Å². The maximum absolute atomic E-state index is 13.0. The quantitative estimate of drug-likeness (QED) is 0.526. The highest BCUT2D eigenvalue weighted by Crippen LogP contribution is 2.18. The number of carbonyl (C=O) groups excluding carboxylic acids is 1. The average Bonchev–Trinajstić information content (AvgIpc) is 2.70. The monoisotopic (exact) mass is 393 g/mol. The fraction of sp³-hybridized carbons (Fsp3) is 0.0909. The van der Waals surface area contributed by atoms with Crippen LogP contribution in [0.15, 0.2) is 78.9 Å². The first kappa shape index (κ1) is 19.5. The summed E-state index contributed by atoms with van der Waals surface area (Å²) >= 11 is 5.31. The van der Waals surface area contributed by atoms with E-state index in [-0.39, 0.29) is 17.8 Å². The number of carbonyl (C=O) groups is 1. The minimum Gasteiger partial charge on any atom is -0.345 e. The molecule has 0 aliphatic heterocycles. The van der Waals surface area contributed by atoms with Gasteiger partial charge in [0.15, 0.2) is 5.11 Å². The maximum atomic E-state index is 13.0. The van der Waals surface area contributed by atoms with Gasteiger partial charge in [0.2, 0.25) is 0 Å². The molecule has 0 radical (unpaired) electrons. The van der Waals surface area contributed by atoms with Crippen LogP contribution in [0.25, 0.3) is 0 Å².